The fraction of sp³-hybridized carbons (Fsp3) is 0.333. The van der Waals surface area contributed by atoms with Gasteiger partial charge in [-0.05, 0) is 24.6 Å². The number of hydrogen-bond acceptors (Lipinski definition) is 2. The number of amides is 1. The lowest BCUT2D eigenvalue weighted by atomic mass is 10.00. The molecule has 0 aliphatic rings. The van der Waals surface area contributed by atoms with Gasteiger partial charge in [0.25, 0.3) is 0 Å². The Hall–Kier alpha value is -1.91. The molecule has 92 valence electrons. The number of carbonyl (C=O) groups is 2. The highest BCUT2D eigenvalue weighted by Gasteiger charge is 2.20. The smallest absolute Gasteiger partial charge is 0.323 e. The molecule has 0 bridgehead atoms. The van der Waals surface area contributed by atoms with Crippen LogP contribution in [0, 0.1) is 5.82 Å². The Kier molecular flexibility index (Phi) is 4.20. The summed E-state index contributed by atoms with van der Waals surface area (Å²) in [4.78, 5) is 23.4. The lowest BCUT2D eigenvalue weighted by Gasteiger charge is -2.19. The summed E-state index contributed by atoms with van der Waals surface area (Å²) < 4.78 is 13.0. The van der Waals surface area contributed by atoms with Gasteiger partial charge in [0, 0.05) is 7.05 Å². The van der Waals surface area contributed by atoms with Crippen LogP contribution in [-0.4, -0.2) is 35.5 Å². The SMILES string of the molecule is CC(C(=O)N(C)CC(=O)O)c1cccc(F)c1. The van der Waals surface area contributed by atoms with Crippen LogP contribution in [0.3, 0.4) is 0 Å². The predicted molar refractivity (Wildman–Crippen MR) is 60.1 cm³/mol. The molecule has 1 N–H and O–H groups in total. The summed E-state index contributed by atoms with van der Waals surface area (Å²) in [6, 6.07) is 5.73. The molecule has 0 fully saturated rings. The summed E-state index contributed by atoms with van der Waals surface area (Å²) in [6.07, 6.45) is 0. The van der Waals surface area contributed by atoms with Gasteiger partial charge in [0.05, 0.1) is 5.92 Å². The van der Waals surface area contributed by atoms with Crippen LogP contribution in [0.25, 0.3) is 0 Å². The van der Waals surface area contributed by atoms with Crippen molar-refractivity contribution in [1.82, 2.24) is 4.90 Å². The maximum absolute atomic E-state index is 13.0. The standard InChI is InChI=1S/C12H14FNO3/c1-8(9-4-3-5-10(13)6-9)12(17)14(2)7-11(15)16/h3-6,8H,7H2,1-2H3,(H,15,16). The summed E-state index contributed by atoms with van der Waals surface area (Å²) in [5.41, 5.74) is 0.534. The highest BCUT2D eigenvalue weighted by Crippen LogP contribution is 2.18. The van der Waals surface area contributed by atoms with Gasteiger partial charge in [0.15, 0.2) is 0 Å². The summed E-state index contributed by atoms with van der Waals surface area (Å²) >= 11 is 0. The van der Waals surface area contributed by atoms with E-state index in [-0.39, 0.29) is 12.5 Å². The van der Waals surface area contributed by atoms with E-state index in [1.54, 1.807) is 13.0 Å². The van der Waals surface area contributed by atoms with Gasteiger partial charge >= 0.3 is 5.97 Å². The minimum Gasteiger partial charge on any atom is -0.480 e. The van der Waals surface area contributed by atoms with E-state index in [4.69, 9.17) is 5.11 Å². The van der Waals surface area contributed by atoms with Gasteiger partial charge in [-0.25, -0.2) is 4.39 Å². The third kappa shape index (κ3) is 3.55. The van der Waals surface area contributed by atoms with Crippen LogP contribution in [0.15, 0.2) is 24.3 Å². The first-order valence-corrected chi connectivity index (χ1v) is 5.14. The molecule has 1 unspecified atom stereocenters. The molecule has 0 saturated carbocycles. The normalized spacial score (nSPS) is 11.9. The summed E-state index contributed by atoms with van der Waals surface area (Å²) in [6.45, 7) is 1.26. The van der Waals surface area contributed by atoms with Crippen molar-refractivity contribution in [2.24, 2.45) is 0 Å². The van der Waals surface area contributed by atoms with Crippen molar-refractivity contribution in [2.45, 2.75) is 12.8 Å². The van der Waals surface area contributed by atoms with E-state index in [0.717, 1.165) is 4.90 Å². The van der Waals surface area contributed by atoms with Crippen molar-refractivity contribution in [3.63, 3.8) is 0 Å². The fourth-order valence-electron chi connectivity index (χ4n) is 1.53. The Morgan fingerprint density at radius 2 is 2.12 bits per heavy atom. The molecule has 1 atom stereocenters. The van der Waals surface area contributed by atoms with Crippen molar-refractivity contribution in [2.75, 3.05) is 13.6 Å². The molecule has 1 amide bonds. The molecule has 0 spiro atoms. The molecular weight excluding hydrogens is 225 g/mol. The Labute approximate surface area is 98.7 Å². The number of carboxylic acid groups (broad SMARTS) is 1. The number of rotatable bonds is 4. The number of halogens is 1. The van der Waals surface area contributed by atoms with Gasteiger partial charge in [0.1, 0.15) is 12.4 Å². The fourth-order valence-corrected chi connectivity index (χ4v) is 1.53. The quantitative estimate of drug-likeness (QED) is 0.865. The maximum Gasteiger partial charge on any atom is 0.323 e. The molecule has 17 heavy (non-hydrogen) atoms. The molecule has 5 heteroatoms. The first kappa shape index (κ1) is 13.2. The molecule has 0 heterocycles. The predicted octanol–water partition coefficient (Wildman–Crippen LogP) is 1.47. The van der Waals surface area contributed by atoms with E-state index in [1.807, 2.05) is 0 Å². The second-order valence-electron chi connectivity index (χ2n) is 3.86. The highest BCUT2D eigenvalue weighted by molar-refractivity contribution is 5.86. The highest BCUT2D eigenvalue weighted by atomic mass is 19.1. The zero-order valence-electron chi connectivity index (χ0n) is 9.68. The van der Waals surface area contributed by atoms with Crippen molar-refractivity contribution in [1.29, 1.82) is 0 Å². The van der Waals surface area contributed by atoms with E-state index >= 15 is 0 Å². The number of nitrogens with zero attached hydrogens (tertiary/aromatic N) is 1. The van der Waals surface area contributed by atoms with E-state index in [0.29, 0.717) is 5.56 Å². The van der Waals surface area contributed by atoms with Crippen LogP contribution in [0.2, 0.25) is 0 Å². The van der Waals surface area contributed by atoms with Crippen molar-refractivity contribution >= 4 is 11.9 Å². The summed E-state index contributed by atoms with van der Waals surface area (Å²) in [7, 11) is 1.41. The van der Waals surface area contributed by atoms with Crippen LogP contribution >= 0.6 is 0 Å². The minimum absolute atomic E-state index is 0.349. The molecule has 1 aromatic carbocycles. The van der Waals surface area contributed by atoms with Gasteiger partial charge in [0.2, 0.25) is 5.91 Å². The monoisotopic (exact) mass is 239 g/mol. The number of carboxylic acids is 1. The topological polar surface area (TPSA) is 57.6 Å². The van der Waals surface area contributed by atoms with Crippen LogP contribution in [0.4, 0.5) is 4.39 Å². The van der Waals surface area contributed by atoms with Crippen molar-refractivity contribution in [3.8, 4) is 0 Å². The molecule has 0 saturated heterocycles. The molecule has 0 aliphatic heterocycles. The lowest BCUT2D eigenvalue weighted by Crippen LogP contribution is -2.34. The molecule has 1 aromatic rings. The molecule has 4 nitrogen and oxygen atoms in total. The van der Waals surface area contributed by atoms with Gasteiger partial charge in [-0.15, -0.1) is 0 Å². The minimum atomic E-state index is -1.08. The first-order chi connectivity index (χ1) is 7.91. The second-order valence-corrected chi connectivity index (χ2v) is 3.86. The Morgan fingerprint density at radius 3 is 2.65 bits per heavy atom. The van der Waals surface area contributed by atoms with Crippen LogP contribution < -0.4 is 0 Å². The van der Waals surface area contributed by atoms with Crippen LogP contribution in [-0.2, 0) is 9.59 Å². The zero-order valence-corrected chi connectivity index (χ0v) is 9.68. The number of hydrogen-bond donors (Lipinski definition) is 1. The van der Waals surface area contributed by atoms with Crippen LogP contribution in [0.1, 0.15) is 18.4 Å². The van der Waals surface area contributed by atoms with Crippen molar-refractivity contribution < 1.29 is 19.1 Å². The third-order valence-corrected chi connectivity index (χ3v) is 2.47. The first-order valence-electron chi connectivity index (χ1n) is 5.14. The largest absolute Gasteiger partial charge is 0.480 e. The lowest BCUT2D eigenvalue weighted by molar-refractivity contribution is -0.143. The summed E-state index contributed by atoms with van der Waals surface area (Å²) in [5.74, 6) is -2.40. The number of likely N-dealkylation sites (N-methyl/N-ethyl adjacent to an activating group) is 1. The Morgan fingerprint density at radius 1 is 1.47 bits per heavy atom. The Balaban J connectivity index is 2.79. The van der Waals surface area contributed by atoms with Crippen molar-refractivity contribution in [3.05, 3.63) is 35.6 Å². The Bertz CT molecular complexity index is 434. The van der Waals surface area contributed by atoms with E-state index in [1.165, 1.54) is 25.2 Å². The molecule has 1 rings (SSSR count). The van der Waals surface area contributed by atoms with E-state index < -0.39 is 17.7 Å². The maximum atomic E-state index is 13.0. The summed E-state index contributed by atoms with van der Waals surface area (Å²) in [5, 5.41) is 8.58. The van der Waals surface area contributed by atoms with E-state index in [9.17, 15) is 14.0 Å². The number of carbonyl (C=O) groups excluding carboxylic acids is 1. The average molecular weight is 239 g/mol. The zero-order chi connectivity index (χ0) is 13.0. The van der Waals surface area contributed by atoms with Gasteiger partial charge in [-0.1, -0.05) is 12.1 Å². The van der Waals surface area contributed by atoms with E-state index in [2.05, 4.69) is 0 Å². The average Bonchev–Trinajstić information content (AvgIpc) is 2.26. The number of benzene rings is 1. The number of aliphatic carboxylic acids is 1. The molecule has 0 aliphatic carbocycles. The molecular formula is C12H14FNO3. The van der Waals surface area contributed by atoms with Gasteiger partial charge < -0.3 is 10.0 Å². The molecule has 0 aromatic heterocycles. The van der Waals surface area contributed by atoms with Gasteiger partial charge in [-0.2, -0.15) is 0 Å². The third-order valence-electron chi connectivity index (χ3n) is 2.47. The van der Waals surface area contributed by atoms with Gasteiger partial charge in [-0.3, -0.25) is 9.59 Å². The second kappa shape index (κ2) is 5.43. The van der Waals surface area contributed by atoms with Crippen LogP contribution in [0.5, 0.6) is 0 Å². The molecule has 0 radical (unpaired) electrons.